The zero-order valence-corrected chi connectivity index (χ0v) is 10.5. The largest absolute Gasteiger partial charge is 0.481 e. The summed E-state index contributed by atoms with van der Waals surface area (Å²) >= 11 is 0. The van der Waals surface area contributed by atoms with Crippen LogP contribution in [0.4, 0.5) is 4.79 Å². The Labute approximate surface area is 101 Å². The minimum Gasteiger partial charge on any atom is -0.481 e. The van der Waals surface area contributed by atoms with Crippen molar-refractivity contribution in [3.8, 4) is 0 Å². The van der Waals surface area contributed by atoms with E-state index >= 15 is 0 Å². The number of nitrogens with zero attached hydrogens (tertiary/aromatic N) is 1. The second-order valence-electron chi connectivity index (χ2n) is 5.96. The monoisotopic (exact) mass is 241 g/mol. The molecule has 1 saturated carbocycles. The van der Waals surface area contributed by atoms with Gasteiger partial charge in [0.2, 0.25) is 0 Å². The van der Waals surface area contributed by atoms with Gasteiger partial charge in [0.1, 0.15) is 5.60 Å². The summed E-state index contributed by atoms with van der Waals surface area (Å²) in [5, 5.41) is 9.01. The van der Waals surface area contributed by atoms with Crippen molar-refractivity contribution in [2.45, 2.75) is 45.3 Å². The molecule has 2 rings (SSSR count). The molecule has 5 heteroatoms. The van der Waals surface area contributed by atoms with Gasteiger partial charge < -0.3 is 14.7 Å². The number of carboxylic acids is 1. The van der Waals surface area contributed by atoms with Crippen molar-refractivity contribution in [2.24, 2.45) is 11.8 Å². The maximum absolute atomic E-state index is 11.9. The molecule has 96 valence electrons. The van der Waals surface area contributed by atoms with Gasteiger partial charge in [0.15, 0.2) is 0 Å². The smallest absolute Gasteiger partial charge is 0.410 e. The number of amides is 1. The van der Waals surface area contributed by atoms with Gasteiger partial charge in [-0.05, 0) is 39.5 Å². The average Bonchev–Trinajstić information content (AvgIpc) is 2.72. The van der Waals surface area contributed by atoms with Crippen LogP contribution >= 0.6 is 0 Å². The second kappa shape index (κ2) is 3.89. The molecular formula is C12H19NO4. The van der Waals surface area contributed by atoms with Crippen molar-refractivity contribution in [2.75, 3.05) is 6.54 Å². The predicted octanol–water partition coefficient (Wildman–Crippen LogP) is 1.72. The Bertz CT molecular complexity index is 347. The van der Waals surface area contributed by atoms with Crippen LogP contribution in [0.1, 0.15) is 33.6 Å². The van der Waals surface area contributed by atoms with Gasteiger partial charge >= 0.3 is 12.1 Å². The van der Waals surface area contributed by atoms with Crippen LogP contribution in [0.3, 0.4) is 0 Å². The van der Waals surface area contributed by atoms with Crippen molar-refractivity contribution in [1.82, 2.24) is 4.90 Å². The standard InChI is InChI=1S/C12H19NO4/c1-12(2,3)17-11(16)13-6-7-4-8(13)5-9(7)10(14)15/h7-9H,4-6H2,1-3H3,(H,14,15)/t7-,8+,9-/m1/s1. The third-order valence-electron chi connectivity index (χ3n) is 3.49. The van der Waals surface area contributed by atoms with E-state index in [4.69, 9.17) is 9.84 Å². The van der Waals surface area contributed by atoms with E-state index < -0.39 is 11.6 Å². The summed E-state index contributed by atoms with van der Waals surface area (Å²) in [5.74, 6) is -0.912. The van der Waals surface area contributed by atoms with Crippen molar-refractivity contribution in [1.29, 1.82) is 0 Å². The molecule has 0 unspecified atom stereocenters. The normalized spacial score (nSPS) is 31.7. The van der Waals surface area contributed by atoms with Gasteiger partial charge in [0.05, 0.1) is 5.92 Å². The van der Waals surface area contributed by atoms with E-state index in [0.717, 1.165) is 6.42 Å². The van der Waals surface area contributed by atoms with E-state index in [-0.39, 0.29) is 24.0 Å². The van der Waals surface area contributed by atoms with Crippen LogP contribution in [-0.4, -0.2) is 40.3 Å². The van der Waals surface area contributed by atoms with Gasteiger partial charge in [0.25, 0.3) is 0 Å². The lowest BCUT2D eigenvalue weighted by Crippen LogP contribution is -2.44. The van der Waals surface area contributed by atoms with Gasteiger partial charge in [-0.3, -0.25) is 4.79 Å². The molecule has 5 nitrogen and oxygen atoms in total. The fourth-order valence-electron chi connectivity index (χ4n) is 2.80. The molecule has 2 aliphatic rings. The Kier molecular flexibility index (Phi) is 2.79. The molecule has 1 N–H and O–H groups in total. The number of rotatable bonds is 1. The zero-order chi connectivity index (χ0) is 12.8. The summed E-state index contributed by atoms with van der Waals surface area (Å²) in [6, 6.07) is 0.0518. The van der Waals surface area contributed by atoms with E-state index in [2.05, 4.69) is 0 Å². The molecule has 1 heterocycles. The predicted molar refractivity (Wildman–Crippen MR) is 60.6 cm³/mol. The van der Waals surface area contributed by atoms with Gasteiger partial charge in [-0.15, -0.1) is 0 Å². The van der Waals surface area contributed by atoms with E-state index in [1.165, 1.54) is 0 Å². The van der Waals surface area contributed by atoms with Gasteiger partial charge in [0, 0.05) is 12.6 Å². The number of ether oxygens (including phenoxy) is 1. The number of carbonyl (C=O) groups is 2. The molecule has 17 heavy (non-hydrogen) atoms. The highest BCUT2D eigenvalue weighted by atomic mass is 16.6. The molecular weight excluding hydrogens is 222 g/mol. The summed E-state index contributed by atoms with van der Waals surface area (Å²) in [6.07, 6.45) is 1.06. The molecule has 0 radical (unpaired) electrons. The Morgan fingerprint density at radius 2 is 1.94 bits per heavy atom. The van der Waals surface area contributed by atoms with Crippen molar-refractivity contribution in [3.63, 3.8) is 0 Å². The Balaban J connectivity index is 1.96. The van der Waals surface area contributed by atoms with Crippen LogP contribution in [0, 0.1) is 11.8 Å². The van der Waals surface area contributed by atoms with Crippen LogP contribution in [0.15, 0.2) is 0 Å². The Morgan fingerprint density at radius 1 is 1.29 bits per heavy atom. The van der Waals surface area contributed by atoms with Crippen LogP contribution < -0.4 is 0 Å². The molecule has 1 aliphatic heterocycles. The lowest BCUT2D eigenvalue weighted by molar-refractivity contribution is -0.143. The second-order valence-corrected chi connectivity index (χ2v) is 5.96. The van der Waals surface area contributed by atoms with Crippen LogP contribution in [0.25, 0.3) is 0 Å². The number of piperidine rings is 1. The third-order valence-corrected chi connectivity index (χ3v) is 3.49. The maximum atomic E-state index is 11.9. The SMILES string of the molecule is CC(C)(C)OC(=O)N1C[C@H]2C[C@H]1C[C@H]2C(=O)O. The maximum Gasteiger partial charge on any atom is 0.410 e. The van der Waals surface area contributed by atoms with E-state index in [1.54, 1.807) is 4.90 Å². The van der Waals surface area contributed by atoms with Crippen LogP contribution in [0.5, 0.6) is 0 Å². The molecule has 1 amide bonds. The number of fused-ring (bicyclic) bond motifs is 2. The average molecular weight is 241 g/mol. The fraction of sp³-hybridized carbons (Fsp3) is 0.833. The first kappa shape index (κ1) is 12.2. The van der Waals surface area contributed by atoms with Crippen LogP contribution in [-0.2, 0) is 9.53 Å². The molecule has 1 saturated heterocycles. The first-order valence-corrected chi connectivity index (χ1v) is 6.00. The molecule has 0 aromatic heterocycles. The third kappa shape index (κ3) is 2.37. The summed E-state index contributed by atoms with van der Waals surface area (Å²) in [6.45, 7) is 6.02. The minimum absolute atomic E-state index is 0.0518. The van der Waals surface area contributed by atoms with E-state index in [9.17, 15) is 9.59 Å². The van der Waals surface area contributed by atoms with Crippen molar-refractivity contribution < 1.29 is 19.4 Å². The molecule has 3 atom stereocenters. The number of likely N-dealkylation sites (tertiary alicyclic amines) is 1. The summed E-state index contributed by atoms with van der Waals surface area (Å²) < 4.78 is 5.31. The van der Waals surface area contributed by atoms with Gasteiger partial charge in [-0.25, -0.2) is 4.79 Å². The zero-order valence-electron chi connectivity index (χ0n) is 10.5. The highest BCUT2D eigenvalue weighted by molar-refractivity contribution is 5.73. The number of hydrogen-bond donors (Lipinski definition) is 1. The summed E-state index contributed by atoms with van der Waals surface area (Å²) in [5.41, 5.74) is -0.495. The number of aliphatic carboxylic acids is 1. The van der Waals surface area contributed by atoms with Crippen LogP contribution in [0.2, 0.25) is 0 Å². The van der Waals surface area contributed by atoms with Gasteiger partial charge in [-0.2, -0.15) is 0 Å². The first-order chi connectivity index (χ1) is 7.78. The fourth-order valence-corrected chi connectivity index (χ4v) is 2.80. The van der Waals surface area contributed by atoms with E-state index in [1.807, 2.05) is 20.8 Å². The number of hydrogen-bond acceptors (Lipinski definition) is 3. The minimum atomic E-state index is -0.735. The lowest BCUT2D eigenvalue weighted by atomic mass is 9.95. The van der Waals surface area contributed by atoms with Crippen molar-refractivity contribution >= 4 is 12.1 Å². The quantitative estimate of drug-likeness (QED) is 0.759. The number of carboxylic acid groups (broad SMARTS) is 1. The Morgan fingerprint density at radius 3 is 2.35 bits per heavy atom. The Hall–Kier alpha value is -1.26. The van der Waals surface area contributed by atoms with E-state index in [0.29, 0.717) is 13.0 Å². The van der Waals surface area contributed by atoms with Crippen molar-refractivity contribution in [3.05, 3.63) is 0 Å². The molecule has 2 bridgehead atoms. The molecule has 2 fully saturated rings. The molecule has 0 aromatic rings. The molecule has 0 spiro atoms. The first-order valence-electron chi connectivity index (χ1n) is 6.00. The highest BCUT2D eigenvalue weighted by Crippen LogP contribution is 2.42. The lowest BCUT2D eigenvalue weighted by Gasteiger charge is -2.31. The molecule has 1 aliphatic carbocycles. The summed E-state index contributed by atoms with van der Waals surface area (Å²) in [7, 11) is 0. The van der Waals surface area contributed by atoms with Gasteiger partial charge in [-0.1, -0.05) is 0 Å². The summed E-state index contributed by atoms with van der Waals surface area (Å²) in [4.78, 5) is 24.5. The molecule has 0 aromatic carbocycles. The number of carbonyl (C=O) groups excluding carboxylic acids is 1. The highest BCUT2D eigenvalue weighted by Gasteiger charge is 2.50. The topological polar surface area (TPSA) is 66.8 Å².